The number of nitrogens with zero attached hydrogens (tertiary/aromatic N) is 3. The maximum Gasteiger partial charge on any atom is 0.227 e. The number of carbonyl (C=O) groups is 1. The second kappa shape index (κ2) is 8.99. The summed E-state index contributed by atoms with van der Waals surface area (Å²) in [5, 5.41) is 3.36. The highest BCUT2D eigenvalue weighted by Gasteiger charge is 2.37. The van der Waals surface area contributed by atoms with E-state index in [0.717, 1.165) is 58.5 Å². The fraction of sp³-hybridized carbons (Fsp3) is 0.938. The lowest BCUT2D eigenvalue weighted by Gasteiger charge is -2.34. The first kappa shape index (κ1) is 20.9. The molecule has 0 aromatic rings. The van der Waals surface area contributed by atoms with Crippen molar-refractivity contribution in [2.24, 2.45) is 5.92 Å². The van der Waals surface area contributed by atoms with Gasteiger partial charge in [0.2, 0.25) is 15.9 Å². The number of likely N-dealkylation sites (tertiary alicyclic amines) is 1. The Bertz CT molecular complexity index is 554. The van der Waals surface area contributed by atoms with Gasteiger partial charge in [0, 0.05) is 58.4 Å². The first-order chi connectivity index (χ1) is 11.5. The van der Waals surface area contributed by atoms with Gasteiger partial charge in [-0.15, -0.1) is 12.4 Å². The third-order valence-electron chi connectivity index (χ3n) is 5.63. The molecule has 1 N–H and O–H groups in total. The number of hydrogen-bond donors (Lipinski definition) is 1. The van der Waals surface area contributed by atoms with Gasteiger partial charge in [0.05, 0.1) is 11.7 Å². The molecule has 25 heavy (non-hydrogen) atoms. The van der Waals surface area contributed by atoms with Crippen LogP contribution in [0.2, 0.25) is 0 Å². The van der Waals surface area contributed by atoms with E-state index in [1.807, 2.05) is 4.90 Å². The lowest BCUT2D eigenvalue weighted by Crippen LogP contribution is -2.50. The van der Waals surface area contributed by atoms with Crippen LogP contribution in [0, 0.1) is 5.92 Å². The topological polar surface area (TPSA) is 73.0 Å². The number of carbonyl (C=O) groups excluding carboxylic acids is 1. The van der Waals surface area contributed by atoms with Crippen molar-refractivity contribution < 1.29 is 13.2 Å². The summed E-state index contributed by atoms with van der Waals surface area (Å²) >= 11 is 0. The Morgan fingerprint density at radius 1 is 1.08 bits per heavy atom. The fourth-order valence-corrected chi connectivity index (χ4v) is 5.30. The smallest absolute Gasteiger partial charge is 0.227 e. The Labute approximate surface area is 157 Å². The molecule has 0 bridgehead atoms. The highest BCUT2D eigenvalue weighted by atomic mass is 35.5. The lowest BCUT2D eigenvalue weighted by molar-refractivity contribution is -0.135. The summed E-state index contributed by atoms with van der Waals surface area (Å²) in [5.74, 6) is 0.105. The van der Waals surface area contributed by atoms with Crippen LogP contribution < -0.4 is 5.32 Å². The van der Waals surface area contributed by atoms with Crippen LogP contribution >= 0.6 is 12.4 Å². The third-order valence-corrected chi connectivity index (χ3v) is 7.48. The molecule has 1 amide bonds. The van der Waals surface area contributed by atoms with Crippen molar-refractivity contribution in [3.05, 3.63) is 0 Å². The van der Waals surface area contributed by atoms with Crippen LogP contribution in [-0.4, -0.2) is 92.6 Å². The lowest BCUT2D eigenvalue weighted by atomic mass is 9.98. The minimum Gasteiger partial charge on any atom is -0.341 e. The molecule has 3 aliphatic heterocycles. The van der Waals surface area contributed by atoms with Crippen LogP contribution in [0.3, 0.4) is 0 Å². The van der Waals surface area contributed by atoms with E-state index in [9.17, 15) is 13.2 Å². The highest BCUT2D eigenvalue weighted by Crippen LogP contribution is 2.24. The van der Waals surface area contributed by atoms with Gasteiger partial charge in [-0.25, -0.2) is 12.7 Å². The Morgan fingerprint density at radius 2 is 1.80 bits per heavy atom. The molecular weight excluding hydrogens is 364 g/mol. The van der Waals surface area contributed by atoms with Crippen molar-refractivity contribution in [2.75, 3.05) is 58.1 Å². The number of rotatable bonds is 4. The summed E-state index contributed by atoms with van der Waals surface area (Å²) in [6.45, 7) is 8.36. The van der Waals surface area contributed by atoms with E-state index in [-0.39, 0.29) is 30.0 Å². The van der Waals surface area contributed by atoms with Gasteiger partial charge in [-0.3, -0.25) is 9.69 Å². The summed E-state index contributed by atoms with van der Waals surface area (Å²) in [4.78, 5) is 17.3. The number of hydrogen-bond acceptors (Lipinski definition) is 5. The van der Waals surface area contributed by atoms with Crippen molar-refractivity contribution in [1.29, 1.82) is 0 Å². The first-order valence-electron chi connectivity index (χ1n) is 9.22. The normalized spacial score (nSPS) is 29.4. The molecule has 2 atom stereocenters. The molecular formula is C16H31ClN4O3S. The molecule has 0 aromatic carbocycles. The molecule has 3 fully saturated rings. The summed E-state index contributed by atoms with van der Waals surface area (Å²) in [6.07, 6.45) is 2.63. The van der Waals surface area contributed by atoms with Gasteiger partial charge in [-0.1, -0.05) is 0 Å². The van der Waals surface area contributed by atoms with Gasteiger partial charge in [0.15, 0.2) is 0 Å². The van der Waals surface area contributed by atoms with Crippen molar-refractivity contribution in [1.82, 2.24) is 19.4 Å². The monoisotopic (exact) mass is 394 g/mol. The summed E-state index contributed by atoms with van der Waals surface area (Å²) < 4.78 is 25.7. The van der Waals surface area contributed by atoms with Crippen LogP contribution in [0.4, 0.5) is 0 Å². The Morgan fingerprint density at radius 3 is 2.48 bits per heavy atom. The van der Waals surface area contributed by atoms with Crippen molar-refractivity contribution >= 4 is 28.3 Å². The molecule has 146 valence electrons. The van der Waals surface area contributed by atoms with Gasteiger partial charge in [-0.2, -0.15) is 0 Å². The van der Waals surface area contributed by atoms with Gasteiger partial charge >= 0.3 is 0 Å². The largest absolute Gasteiger partial charge is 0.341 e. The second-order valence-corrected chi connectivity index (χ2v) is 9.37. The molecule has 0 aromatic heterocycles. The third kappa shape index (κ3) is 4.86. The van der Waals surface area contributed by atoms with Crippen molar-refractivity contribution in [3.8, 4) is 0 Å². The Balaban J connectivity index is 0.00000225. The zero-order valence-corrected chi connectivity index (χ0v) is 16.7. The number of piperazine rings is 1. The highest BCUT2D eigenvalue weighted by molar-refractivity contribution is 7.89. The van der Waals surface area contributed by atoms with E-state index in [1.165, 1.54) is 4.31 Å². The summed E-state index contributed by atoms with van der Waals surface area (Å²) in [5.41, 5.74) is 0. The molecule has 0 spiro atoms. The van der Waals surface area contributed by atoms with E-state index in [4.69, 9.17) is 0 Å². The van der Waals surface area contributed by atoms with E-state index < -0.39 is 10.0 Å². The van der Waals surface area contributed by atoms with Gasteiger partial charge in [-0.05, 0) is 26.2 Å². The average Bonchev–Trinajstić information content (AvgIpc) is 3.12. The molecule has 3 aliphatic rings. The zero-order valence-electron chi connectivity index (χ0n) is 15.0. The molecule has 2 unspecified atom stereocenters. The summed E-state index contributed by atoms with van der Waals surface area (Å²) in [6, 6.07) is 0.468. The van der Waals surface area contributed by atoms with Gasteiger partial charge in [0.25, 0.3) is 0 Å². The standard InChI is InChI=1S/C16H30N4O3S.ClH/c1-2-24(22,23)20-8-3-4-14(12-20)16(21)19-9-5-15(13-19)18-10-6-17-7-11-18;/h14-15,17H,2-13H2,1H3;1H. The average molecular weight is 395 g/mol. The van der Waals surface area contributed by atoms with Gasteiger partial charge in [0.1, 0.15) is 0 Å². The predicted molar refractivity (Wildman–Crippen MR) is 100 cm³/mol. The minimum absolute atomic E-state index is 0. The number of nitrogens with one attached hydrogen (secondary N) is 1. The van der Waals surface area contributed by atoms with Crippen LogP contribution in [0.5, 0.6) is 0 Å². The van der Waals surface area contributed by atoms with Crippen molar-refractivity contribution in [3.63, 3.8) is 0 Å². The molecule has 7 nitrogen and oxygen atoms in total. The van der Waals surface area contributed by atoms with Gasteiger partial charge < -0.3 is 10.2 Å². The predicted octanol–water partition coefficient (Wildman–Crippen LogP) is -0.0240. The maximum atomic E-state index is 12.9. The Kier molecular flexibility index (Phi) is 7.52. The van der Waals surface area contributed by atoms with E-state index in [0.29, 0.717) is 19.1 Å². The van der Waals surface area contributed by atoms with E-state index in [2.05, 4.69) is 10.2 Å². The van der Waals surface area contributed by atoms with Crippen LogP contribution in [0.1, 0.15) is 26.2 Å². The molecule has 3 rings (SSSR count). The van der Waals surface area contributed by atoms with Crippen molar-refractivity contribution in [2.45, 2.75) is 32.2 Å². The second-order valence-electron chi connectivity index (χ2n) is 7.11. The number of piperidine rings is 1. The van der Waals surface area contributed by atoms with Crippen LogP contribution in [0.25, 0.3) is 0 Å². The zero-order chi connectivity index (χ0) is 17.2. The fourth-order valence-electron chi connectivity index (χ4n) is 4.12. The number of sulfonamides is 1. The first-order valence-corrected chi connectivity index (χ1v) is 10.8. The molecule has 3 heterocycles. The Hall–Kier alpha value is -0.410. The van der Waals surface area contributed by atoms with E-state index >= 15 is 0 Å². The molecule has 3 saturated heterocycles. The minimum atomic E-state index is -3.19. The van der Waals surface area contributed by atoms with E-state index in [1.54, 1.807) is 6.92 Å². The maximum absolute atomic E-state index is 12.9. The SMILES string of the molecule is CCS(=O)(=O)N1CCCC(C(=O)N2CCC(N3CCNCC3)C2)C1.Cl. The number of halogens is 1. The number of amides is 1. The quantitative estimate of drug-likeness (QED) is 0.725. The molecule has 0 aliphatic carbocycles. The molecule has 0 radical (unpaired) electrons. The van der Waals surface area contributed by atoms with Crippen LogP contribution in [0.15, 0.2) is 0 Å². The molecule has 9 heteroatoms. The summed E-state index contributed by atoms with van der Waals surface area (Å²) in [7, 11) is -3.19. The molecule has 0 saturated carbocycles. The van der Waals surface area contributed by atoms with Crippen LogP contribution in [-0.2, 0) is 14.8 Å².